The van der Waals surface area contributed by atoms with E-state index < -0.39 is 46.7 Å². The Morgan fingerprint density at radius 2 is 1.08 bits per heavy atom. The van der Waals surface area contributed by atoms with E-state index in [0.29, 0.717) is 0 Å². The highest BCUT2D eigenvalue weighted by Crippen LogP contribution is 2.36. The number of nitro benzene ring substituents is 2. The number of carbonyl (C=O) groups is 2. The van der Waals surface area contributed by atoms with Crippen molar-refractivity contribution in [3.63, 3.8) is 0 Å². The zero-order valence-electron chi connectivity index (χ0n) is 20.6. The van der Waals surface area contributed by atoms with Crippen LogP contribution in [0.25, 0.3) is 0 Å². The molecule has 0 saturated carbocycles. The summed E-state index contributed by atoms with van der Waals surface area (Å²) in [5.41, 5.74) is -0.911. The standard InChI is InChI=1S/C22H24N2O15/c1-33-17-7-13(11-38-21(25)26)15(23(29)30)9-19(17)36-5-3-35-4-6-37-20-10-16(24(31)32)14(8-18(20)34-2)12-39-22(27)28/h7-10H,3-6,11-12H2,1-2H3,(H,25,26)(H,27,28). The van der Waals surface area contributed by atoms with E-state index in [9.17, 15) is 29.8 Å². The zero-order valence-corrected chi connectivity index (χ0v) is 20.6. The van der Waals surface area contributed by atoms with Crippen LogP contribution in [0, 0.1) is 20.2 Å². The fourth-order valence-corrected chi connectivity index (χ4v) is 3.10. The molecule has 0 atom stereocenters. The fraction of sp³-hybridized carbons (Fsp3) is 0.364. The normalized spacial score (nSPS) is 10.3. The number of hydrogen-bond donors (Lipinski definition) is 2. The van der Waals surface area contributed by atoms with Crippen LogP contribution < -0.4 is 18.9 Å². The lowest BCUT2D eigenvalue weighted by Crippen LogP contribution is -2.13. The molecule has 0 spiro atoms. The summed E-state index contributed by atoms with van der Waals surface area (Å²) in [4.78, 5) is 42.5. The van der Waals surface area contributed by atoms with E-state index >= 15 is 0 Å². The molecule has 0 unspecified atom stereocenters. The number of carboxylic acid groups (broad SMARTS) is 2. The molecule has 0 saturated heterocycles. The number of nitro groups is 2. The Balaban J connectivity index is 1.93. The highest BCUT2D eigenvalue weighted by molar-refractivity contribution is 5.59. The van der Waals surface area contributed by atoms with Gasteiger partial charge in [-0.3, -0.25) is 20.2 Å². The molecule has 39 heavy (non-hydrogen) atoms. The van der Waals surface area contributed by atoms with E-state index in [4.69, 9.17) is 33.9 Å². The van der Waals surface area contributed by atoms with Crippen LogP contribution in [0.1, 0.15) is 11.1 Å². The van der Waals surface area contributed by atoms with Gasteiger partial charge in [0.1, 0.15) is 26.4 Å². The lowest BCUT2D eigenvalue weighted by molar-refractivity contribution is -0.386. The number of rotatable bonds is 16. The Bertz CT molecular complexity index is 1110. The van der Waals surface area contributed by atoms with Crippen molar-refractivity contribution >= 4 is 23.7 Å². The molecular formula is C22H24N2O15. The van der Waals surface area contributed by atoms with Gasteiger partial charge in [-0.15, -0.1) is 0 Å². The first-order valence-corrected chi connectivity index (χ1v) is 10.8. The minimum Gasteiger partial charge on any atom is -0.493 e. The third kappa shape index (κ3) is 9.08. The van der Waals surface area contributed by atoms with Crippen molar-refractivity contribution in [3.05, 3.63) is 55.6 Å². The first kappa shape index (κ1) is 30.2. The van der Waals surface area contributed by atoms with Crippen molar-refractivity contribution in [1.82, 2.24) is 0 Å². The molecule has 0 aliphatic carbocycles. The number of ether oxygens (including phenoxy) is 7. The van der Waals surface area contributed by atoms with Crippen molar-refractivity contribution in [2.24, 2.45) is 0 Å². The third-order valence-corrected chi connectivity index (χ3v) is 4.80. The molecule has 0 amide bonds. The van der Waals surface area contributed by atoms with Crippen LogP contribution in [0.15, 0.2) is 24.3 Å². The number of methoxy groups -OCH3 is 2. The smallest absolute Gasteiger partial charge is 0.493 e. The molecule has 0 bridgehead atoms. The van der Waals surface area contributed by atoms with Gasteiger partial charge in [-0.05, 0) is 12.1 Å². The molecular weight excluding hydrogens is 532 g/mol. The van der Waals surface area contributed by atoms with E-state index in [2.05, 4.69) is 9.47 Å². The predicted molar refractivity (Wildman–Crippen MR) is 127 cm³/mol. The van der Waals surface area contributed by atoms with Crippen LogP contribution in [0.5, 0.6) is 23.0 Å². The maximum atomic E-state index is 11.4. The van der Waals surface area contributed by atoms with Gasteiger partial charge in [0.25, 0.3) is 11.4 Å². The largest absolute Gasteiger partial charge is 0.506 e. The van der Waals surface area contributed by atoms with Crippen molar-refractivity contribution in [2.75, 3.05) is 40.6 Å². The van der Waals surface area contributed by atoms with Gasteiger partial charge in [0.2, 0.25) is 0 Å². The summed E-state index contributed by atoms with van der Waals surface area (Å²) in [5.74, 6) is 0.261. The number of nitrogens with zero attached hydrogens (tertiary/aromatic N) is 2. The lowest BCUT2D eigenvalue weighted by atomic mass is 10.1. The maximum absolute atomic E-state index is 11.4. The summed E-state index contributed by atoms with van der Waals surface area (Å²) >= 11 is 0. The van der Waals surface area contributed by atoms with Gasteiger partial charge in [0.15, 0.2) is 23.0 Å². The monoisotopic (exact) mass is 556 g/mol. The van der Waals surface area contributed by atoms with E-state index in [1.54, 1.807) is 0 Å². The average Bonchev–Trinajstić information content (AvgIpc) is 2.89. The van der Waals surface area contributed by atoms with Crippen LogP contribution in [0.2, 0.25) is 0 Å². The van der Waals surface area contributed by atoms with Gasteiger partial charge in [0.05, 0.1) is 60.5 Å². The van der Waals surface area contributed by atoms with Gasteiger partial charge < -0.3 is 43.4 Å². The molecule has 2 N–H and O–H groups in total. The van der Waals surface area contributed by atoms with Crippen LogP contribution >= 0.6 is 0 Å². The summed E-state index contributed by atoms with van der Waals surface area (Å²) in [6.07, 6.45) is -3.19. The first-order chi connectivity index (χ1) is 18.6. The quantitative estimate of drug-likeness (QED) is 0.131. The molecule has 0 aliphatic heterocycles. The summed E-state index contributed by atoms with van der Waals surface area (Å²) < 4.78 is 35.5. The summed E-state index contributed by atoms with van der Waals surface area (Å²) in [6, 6.07) is 4.62. The number of benzene rings is 2. The van der Waals surface area contributed by atoms with E-state index in [1.165, 1.54) is 26.4 Å². The molecule has 2 aromatic carbocycles. The summed E-state index contributed by atoms with van der Waals surface area (Å²) in [6.45, 7) is -1.17. The maximum Gasteiger partial charge on any atom is 0.506 e. The minimum absolute atomic E-state index is 0.0205. The zero-order chi connectivity index (χ0) is 28.9. The molecule has 2 aromatic rings. The Morgan fingerprint density at radius 1 is 0.692 bits per heavy atom. The Morgan fingerprint density at radius 3 is 1.38 bits per heavy atom. The minimum atomic E-state index is -1.59. The lowest BCUT2D eigenvalue weighted by Gasteiger charge is -2.14. The van der Waals surface area contributed by atoms with Crippen LogP contribution in [0.3, 0.4) is 0 Å². The fourth-order valence-electron chi connectivity index (χ4n) is 3.10. The van der Waals surface area contributed by atoms with Crippen molar-refractivity contribution in [1.29, 1.82) is 0 Å². The average molecular weight is 556 g/mol. The van der Waals surface area contributed by atoms with Crippen LogP contribution in [-0.4, -0.2) is 73.0 Å². The van der Waals surface area contributed by atoms with Gasteiger partial charge in [-0.25, -0.2) is 9.59 Å². The summed E-state index contributed by atoms with van der Waals surface area (Å²) in [5, 5.41) is 40.0. The van der Waals surface area contributed by atoms with Crippen molar-refractivity contribution < 1.29 is 62.8 Å². The SMILES string of the molecule is COc1cc(COC(=O)O)c([N+](=O)[O-])cc1OCCOCCOc1cc([N+](=O)[O-])c(COC(=O)O)cc1OC. The van der Waals surface area contributed by atoms with Gasteiger partial charge in [-0.2, -0.15) is 0 Å². The molecule has 17 heteroatoms. The van der Waals surface area contributed by atoms with Crippen LogP contribution in [-0.2, 0) is 27.4 Å². The first-order valence-electron chi connectivity index (χ1n) is 10.8. The van der Waals surface area contributed by atoms with Gasteiger partial charge in [0, 0.05) is 0 Å². The topological polar surface area (TPSA) is 225 Å². The summed E-state index contributed by atoms with van der Waals surface area (Å²) in [7, 11) is 2.60. The Kier molecular flexibility index (Phi) is 11.3. The second kappa shape index (κ2) is 14.6. The van der Waals surface area contributed by atoms with Gasteiger partial charge in [-0.1, -0.05) is 0 Å². The second-order valence-corrected chi connectivity index (χ2v) is 7.20. The number of hydrogen-bond acceptors (Lipinski definition) is 13. The third-order valence-electron chi connectivity index (χ3n) is 4.80. The van der Waals surface area contributed by atoms with E-state index in [-0.39, 0.29) is 60.6 Å². The second-order valence-electron chi connectivity index (χ2n) is 7.20. The van der Waals surface area contributed by atoms with E-state index in [1.807, 2.05) is 0 Å². The van der Waals surface area contributed by atoms with Gasteiger partial charge >= 0.3 is 12.3 Å². The van der Waals surface area contributed by atoms with Crippen LogP contribution in [0.4, 0.5) is 21.0 Å². The molecule has 2 rings (SSSR count). The molecule has 0 heterocycles. The molecule has 0 fully saturated rings. The molecule has 0 radical (unpaired) electrons. The molecule has 0 aliphatic rings. The molecule has 212 valence electrons. The highest BCUT2D eigenvalue weighted by Gasteiger charge is 2.22. The van der Waals surface area contributed by atoms with E-state index in [0.717, 1.165) is 12.1 Å². The van der Waals surface area contributed by atoms with Crippen molar-refractivity contribution in [3.8, 4) is 23.0 Å². The Labute approximate surface area is 219 Å². The molecule has 0 aromatic heterocycles. The highest BCUT2D eigenvalue weighted by atomic mass is 16.7. The van der Waals surface area contributed by atoms with Crippen molar-refractivity contribution in [2.45, 2.75) is 13.2 Å². The molecule has 17 nitrogen and oxygen atoms in total. The Hall–Kier alpha value is -5.06. The predicted octanol–water partition coefficient (Wildman–Crippen LogP) is 3.38.